The van der Waals surface area contributed by atoms with E-state index >= 15 is 0 Å². The van der Waals surface area contributed by atoms with Gasteiger partial charge in [0, 0.05) is 18.2 Å². The third-order valence-corrected chi connectivity index (χ3v) is 5.86. The number of alkyl halides is 1. The van der Waals surface area contributed by atoms with E-state index in [1.165, 1.54) is 4.31 Å². The Balaban J connectivity index is 2.50. The van der Waals surface area contributed by atoms with Crippen molar-refractivity contribution in [1.29, 1.82) is 0 Å². The van der Waals surface area contributed by atoms with Crippen LogP contribution < -0.4 is 0 Å². The van der Waals surface area contributed by atoms with Crippen LogP contribution in [0, 0.1) is 17.6 Å². The summed E-state index contributed by atoms with van der Waals surface area (Å²) in [5.74, 6) is -2.12. The predicted molar refractivity (Wildman–Crippen MR) is 73.0 cm³/mol. The summed E-state index contributed by atoms with van der Waals surface area (Å²) >= 11 is 5.48. The highest BCUT2D eigenvalue weighted by molar-refractivity contribution is 7.89. The highest BCUT2D eigenvalue weighted by atomic mass is 35.5. The molecule has 7 heteroatoms. The van der Waals surface area contributed by atoms with Crippen molar-refractivity contribution < 1.29 is 17.2 Å². The molecule has 1 aromatic carbocycles. The molecule has 1 aromatic rings. The van der Waals surface area contributed by atoms with Crippen molar-refractivity contribution in [2.45, 2.75) is 37.1 Å². The molecule has 0 bridgehead atoms. The van der Waals surface area contributed by atoms with Gasteiger partial charge in [-0.3, -0.25) is 0 Å². The van der Waals surface area contributed by atoms with Gasteiger partial charge in [-0.05, 0) is 31.4 Å². The molecule has 0 N–H and O–H groups in total. The molecule has 0 saturated carbocycles. The largest absolute Gasteiger partial charge is 0.246 e. The summed E-state index contributed by atoms with van der Waals surface area (Å²) in [6.45, 7) is 4.07. The maximum absolute atomic E-state index is 14.2. The summed E-state index contributed by atoms with van der Waals surface area (Å²) in [6.07, 6.45) is 0.727. The SMILES string of the molecule is CC1CC(C)N(S(=O)(=O)c2ccc(F)c(CCl)c2F)C1. The first kappa shape index (κ1) is 15.7. The second-order valence-corrected chi connectivity index (χ2v) is 7.36. The highest BCUT2D eigenvalue weighted by Gasteiger charge is 2.38. The minimum absolute atomic E-state index is 0.195. The monoisotopic (exact) mass is 323 g/mol. The van der Waals surface area contributed by atoms with Crippen LogP contribution >= 0.6 is 11.6 Å². The van der Waals surface area contributed by atoms with Gasteiger partial charge in [0.05, 0.1) is 5.88 Å². The Morgan fingerprint density at radius 3 is 2.50 bits per heavy atom. The average molecular weight is 324 g/mol. The van der Waals surface area contributed by atoms with E-state index in [9.17, 15) is 17.2 Å². The molecule has 2 unspecified atom stereocenters. The van der Waals surface area contributed by atoms with Crippen LogP contribution in [-0.4, -0.2) is 25.3 Å². The molecule has 0 radical (unpaired) electrons. The first-order valence-electron chi connectivity index (χ1n) is 6.33. The number of hydrogen-bond donors (Lipinski definition) is 0. The number of nitrogens with zero attached hydrogens (tertiary/aromatic N) is 1. The van der Waals surface area contributed by atoms with Crippen molar-refractivity contribution in [1.82, 2.24) is 4.31 Å². The first-order valence-corrected chi connectivity index (χ1v) is 8.31. The second-order valence-electron chi connectivity index (χ2n) is 5.24. The molecule has 3 nitrogen and oxygen atoms in total. The summed E-state index contributed by atoms with van der Waals surface area (Å²) in [6, 6.07) is 1.71. The summed E-state index contributed by atoms with van der Waals surface area (Å²) in [4.78, 5) is -0.504. The molecular weight excluding hydrogens is 308 g/mol. The number of halogens is 3. The zero-order valence-corrected chi connectivity index (χ0v) is 12.8. The second kappa shape index (κ2) is 5.58. The lowest BCUT2D eigenvalue weighted by atomic mass is 10.1. The molecular formula is C13H16ClF2NO2S. The smallest absolute Gasteiger partial charge is 0.207 e. The Kier molecular flexibility index (Phi) is 4.37. The zero-order valence-electron chi connectivity index (χ0n) is 11.2. The van der Waals surface area contributed by atoms with E-state index in [2.05, 4.69) is 0 Å². The topological polar surface area (TPSA) is 37.4 Å². The van der Waals surface area contributed by atoms with Crippen LogP contribution in [0.3, 0.4) is 0 Å². The van der Waals surface area contributed by atoms with Crippen LogP contribution in [0.1, 0.15) is 25.8 Å². The summed E-state index contributed by atoms with van der Waals surface area (Å²) in [5.41, 5.74) is -0.410. The standard InChI is InChI=1S/C13H16ClF2NO2S/c1-8-5-9(2)17(7-8)20(18,19)12-4-3-11(15)10(6-14)13(12)16/h3-4,8-9H,5-7H2,1-2H3. The highest BCUT2D eigenvalue weighted by Crippen LogP contribution is 2.31. The normalized spacial score (nSPS) is 24.2. The van der Waals surface area contributed by atoms with Gasteiger partial charge < -0.3 is 0 Å². The molecule has 2 rings (SSSR count). The van der Waals surface area contributed by atoms with Crippen molar-refractivity contribution in [3.63, 3.8) is 0 Å². The Morgan fingerprint density at radius 2 is 2.00 bits per heavy atom. The van der Waals surface area contributed by atoms with E-state index in [-0.39, 0.29) is 12.0 Å². The summed E-state index contributed by atoms with van der Waals surface area (Å²) in [5, 5.41) is 0. The average Bonchev–Trinajstić information content (AvgIpc) is 2.69. The van der Waals surface area contributed by atoms with Crippen molar-refractivity contribution in [2.24, 2.45) is 5.92 Å². The Hall–Kier alpha value is -0.720. The first-order chi connectivity index (χ1) is 9.28. The van der Waals surface area contributed by atoms with E-state index in [4.69, 9.17) is 11.6 Å². The fourth-order valence-corrected chi connectivity index (χ4v) is 4.72. The fraction of sp³-hybridized carbons (Fsp3) is 0.538. The number of hydrogen-bond acceptors (Lipinski definition) is 2. The van der Waals surface area contributed by atoms with Gasteiger partial charge in [-0.1, -0.05) is 6.92 Å². The van der Waals surface area contributed by atoms with Crippen LogP contribution in [0.5, 0.6) is 0 Å². The van der Waals surface area contributed by atoms with Gasteiger partial charge in [0.25, 0.3) is 0 Å². The van der Waals surface area contributed by atoms with Gasteiger partial charge >= 0.3 is 0 Å². The van der Waals surface area contributed by atoms with E-state index in [1.807, 2.05) is 6.92 Å². The van der Waals surface area contributed by atoms with Crippen LogP contribution in [0.25, 0.3) is 0 Å². The third kappa shape index (κ3) is 2.56. The van der Waals surface area contributed by atoms with E-state index in [1.54, 1.807) is 6.92 Å². The molecule has 0 spiro atoms. The van der Waals surface area contributed by atoms with Crippen molar-refractivity contribution in [3.05, 3.63) is 29.3 Å². The number of sulfonamides is 1. The quantitative estimate of drug-likeness (QED) is 0.801. The zero-order chi connectivity index (χ0) is 15.1. The lowest BCUT2D eigenvalue weighted by Crippen LogP contribution is -2.34. The summed E-state index contributed by atoms with van der Waals surface area (Å²) < 4.78 is 53.9. The Bertz CT molecular complexity index is 621. The lowest BCUT2D eigenvalue weighted by Gasteiger charge is -2.21. The molecule has 20 heavy (non-hydrogen) atoms. The predicted octanol–water partition coefficient (Wildman–Crippen LogP) is 3.12. The van der Waals surface area contributed by atoms with Crippen molar-refractivity contribution >= 4 is 21.6 Å². The molecule has 0 amide bonds. The van der Waals surface area contributed by atoms with Crippen molar-refractivity contribution in [2.75, 3.05) is 6.54 Å². The number of benzene rings is 1. The van der Waals surface area contributed by atoms with Gasteiger partial charge in [-0.25, -0.2) is 17.2 Å². The molecule has 0 aliphatic carbocycles. The van der Waals surface area contributed by atoms with Crippen molar-refractivity contribution in [3.8, 4) is 0 Å². The molecule has 0 aromatic heterocycles. The van der Waals surface area contributed by atoms with Gasteiger partial charge in [0.1, 0.15) is 10.7 Å². The number of rotatable bonds is 3. The molecule has 1 fully saturated rings. The lowest BCUT2D eigenvalue weighted by molar-refractivity contribution is 0.401. The molecule has 1 heterocycles. The van der Waals surface area contributed by atoms with Crippen LogP contribution in [0.4, 0.5) is 8.78 Å². The van der Waals surface area contributed by atoms with Crippen LogP contribution in [0.15, 0.2) is 17.0 Å². The molecule has 112 valence electrons. The van der Waals surface area contributed by atoms with Gasteiger partial charge in [-0.15, -0.1) is 11.6 Å². The molecule has 1 aliphatic heterocycles. The third-order valence-electron chi connectivity index (χ3n) is 3.60. The Morgan fingerprint density at radius 1 is 1.35 bits per heavy atom. The Labute approximate surface area is 122 Å². The van der Waals surface area contributed by atoms with Gasteiger partial charge in [-0.2, -0.15) is 4.31 Å². The fourth-order valence-electron chi connectivity index (χ4n) is 2.62. The maximum atomic E-state index is 14.2. The van der Waals surface area contributed by atoms with E-state index < -0.39 is 38.0 Å². The maximum Gasteiger partial charge on any atom is 0.246 e. The van der Waals surface area contributed by atoms with Crippen LogP contribution in [-0.2, 0) is 15.9 Å². The minimum atomic E-state index is -3.97. The molecule has 1 aliphatic rings. The molecule has 2 atom stereocenters. The molecule has 1 saturated heterocycles. The van der Waals surface area contributed by atoms with Gasteiger partial charge in [0.15, 0.2) is 5.82 Å². The van der Waals surface area contributed by atoms with E-state index in [0.717, 1.165) is 18.6 Å². The summed E-state index contributed by atoms with van der Waals surface area (Å²) in [7, 11) is -3.97. The van der Waals surface area contributed by atoms with Crippen LogP contribution in [0.2, 0.25) is 0 Å². The van der Waals surface area contributed by atoms with Gasteiger partial charge in [0.2, 0.25) is 10.0 Å². The van der Waals surface area contributed by atoms with E-state index in [0.29, 0.717) is 6.54 Å². The minimum Gasteiger partial charge on any atom is -0.207 e.